The van der Waals surface area contributed by atoms with Gasteiger partial charge in [0, 0.05) is 36.2 Å². The Bertz CT molecular complexity index is 1210. The van der Waals surface area contributed by atoms with Crippen LogP contribution in [-0.4, -0.2) is 59.9 Å². The van der Waals surface area contributed by atoms with Crippen LogP contribution in [0.25, 0.3) is 11.3 Å². The largest absolute Gasteiger partial charge is 0.335 e. The summed E-state index contributed by atoms with van der Waals surface area (Å²) in [5, 5.41) is 7.12. The Labute approximate surface area is 190 Å². The van der Waals surface area contributed by atoms with Gasteiger partial charge in [-0.15, -0.1) is 0 Å². The molecule has 4 rings (SSSR count). The van der Waals surface area contributed by atoms with E-state index in [1.54, 1.807) is 35.2 Å². The lowest BCUT2D eigenvalue weighted by Gasteiger charge is -2.33. The number of aromatic amines is 1. The van der Waals surface area contributed by atoms with Crippen LogP contribution in [0.15, 0.2) is 57.9 Å². The minimum absolute atomic E-state index is 0.178. The molecule has 1 amide bonds. The van der Waals surface area contributed by atoms with Crippen LogP contribution in [0.1, 0.15) is 21.6 Å². The van der Waals surface area contributed by atoms with E-state index >= 15 is 0 Å². The highest BCUT2D eigenvalue weighted by Crippen LogP contribution is 2.23. The Morgan fingerprint density at radius 1 is 0.968 bits per heavy atom. The van der Waals surface area contributed by atoms with Crippen molar-refractivity contribution in [2.45, 2.75) is 18.7 Å². The summed E-state index contributed by atoms with van der Waals surface area (Å²) >= 11 is 3.32. The van der Waals surface area contributed by atoms with Crippen molar-refractivity contribution in [1.29, 1.82) is 0 Å². The van der Waals surface area contributed by atoms with Gasteiger partial charge in [-0.3, -0.25) is 9.89 Å². The standard InChI is InChI=1S/C22H23BrN4O3S/c1-15-3-4-17(13-16(15)2)20-14-21(25-24-20)22(28)26-9-11-27(12-10-26)31(29,30)19-7-5-18(23)6-8-19/h3-8,13-14H,9-12H2,1-2H3,(H,24,25). The molecule has 31 heavy (non-hydrogen) atoms. The second kappa shape index (κ2) is 8.57. The molecule has 1 saturated heterocycles. The van der Waals surface area contributed by atoms with Gasteiger partial charge in [-0.05, 0) is 61.4 Å². The highest BCUT2D eigenvalue weighted by molar-refractivity contribution is 9.10. The summed E-state index contributed by atoms with van der Waals surface area (Å²) in [7, 11) is -3.58. The van der Waals surface area contributed by atoms with E-state index in [0.29, 0.717) is 24.5 Å². The summed E-state index contributed by atoms with van der Waals surface area (Å²) in [5.41, 5.74) is 4.42. The van der Waals surface area contributed by atoms with Crippen molar-refractivity contribution < 1.29 is 13.2 Å². The summed E-state index contributed by atoms with van der Waals surface area (Å²) in [4.78, 5) is 14.8. The Hall–Kier alpha value is -2.49. The predicted octanol–water partition coefficient (Wildman–Crippen LogP) is 3.60. The molecule has 9 heteroatoms. The zero-order valence-corrected chi connectivity index (χ0v) is 19.7. The third kappa shape index (κ3) is 4.44. The van der Waals surface area contributed by atoms with Gasteiger partial charge in [0.05, 0.1) is 10.6 Å². The van der Waals surface area contributed by atoms with Gasteiger partial charge in [0.2, 0.25) is 10.0 Å². The minimum Gasteiger partial charge on any atom is -0.335 e. The van der Waals surface area contributed by atoms with Gasteiger partial charge in [-0.25, -0.2) is 8.42 Å². The number of H-pyrrole nitrogens is 1. The van der Waals surface area contributed by atoms with E-state index in [4.69, 9.17) is 0 Å². The van der Waals surface area contributed by atoms with Crippen molar-refractivity contribution >= 4 is 31.9 Å². The van der Waals surface area contributed by atoms with Crippen LogP contribution in [0.4, 0.5) is 0 Å². The number of nitrogens with one attached hydrogen (secondary N) is 1. The number of carbonyl (C=O) groups excluding carboxylic acids is 1. The van der Waals surface area contributed by atoms with Crippen molar-refractivity contribution in [3.8, 4) is 11.3 Å². The van der Waals surface area contributed by atoms with E-state index in [2.05, 4.69) is 33.1 Å². The molecule has 2 aromatic carbocycles. The van der Waals surface area contributed by atoms with Crippen molar-refractivity contribution in [3.05, 3.63) is 69.8 Å². The van der Waals surface area contributed by atoms with Gasteiger partial charge >= 0.3 is 0 Å². The van der Waals surface area contributed by atoms with Crippen LogP contribution < -0.4 is 0 Å². The molecule has 0 saturated carbocycles. The van der Waals surface area contributed by atoms with E-state index in [-0.39, 0.29) is 23.9 Å². The number of hydrogen-bond donors (Lipinski definition) is 1. The monoisotopic (exact) mass is 502 g/mol. The fraction of sp³-hybridized carbons (Fsp3) is 0.273. The number of hydrogen-bond acceptors (Lipinski definition) is 4. The fourth-order valence-electron chi connectivity index (χ4n) is 3.54. The number of benzene rings is 2. The molecular weight excluding hydrogens is 480 g/mol. The smallest absolute Gasteiger partial charge is 0.271 e. The number of nitrogens with zero attached hydrogens (tertiary/aromatic N) is 3. The topological polar surface area (TPSA) is 86.4 Å². The number of halogens is 1. The summed E-state index contributed by atoms with van der Waals surface area (Å²) in [6.07, 6.45) is 0. The van der Waals surface area contributed by atoms with Crippen LogP contribution >= 0.6 is 15.9 Å². The van der Waals surface area contributed by atoms with Gasteiger partial charge < -0.3 is 4.90 Å². The van der Waals surface area contributed by atoms with E-state index in [0.717, 1.165) is 15.6 Å². The molecule has 0 aliphatic carbocycles. The average molecular weight is 503 g/mol. The lowest BCUT2D eigenvalue weighted by Crippen LogP contribution is -2.50. The molecule has 1 aromatic heterocycles. The maximum atomic E-state index is 12.9. The van der Waals surface area contributed by atoms with Crippen molar-refractivity contribution in [3.63, 3.8) is 0 Å². The first kappa shape index (κ1) is 21.7. The van der Waals surface area contributed by atoms with Crippen LogP contribution in [0.3, 0.4) is 0 Å². The Balaban J connectivity index is 1.43. The molecule has 3 aromatic rings. The molecule has 1 N–H and O–H groups in total. The maximum Gasteiger partial charge on any atom is 0.271 e. The molecule has 0 radical (unpaired) electrons. The lowest BCUT2D eigenvalue weighted by atomic mass is 10.0. The summed E-state index contributed by atoms with van der Waals surface area (Å²) < 4.78 is 27.9. The molecule has 0 atom stereocenters. The number of sulfonamides is 1. The highest BCUT2D eigenvalue weighted by Gasteiger charge is 2.31. The molecule has 7 nitrogen and oxygen atoms in total. The first-order valence-corrected chi connectivity index (χ1v) is 12.2. The van der Waals surface area contributed by atoms with Crippen molar-refractivity contribution in [2.75, 3.05) is 26.2 Å². The molecule has 0 unspecified atom stereocenters. The maximum absolute atomic E-state index is 12.9. The van der Waals surface area contributed by atoms with Gasteiger partial charge in [-0.1, -0.05) is 28.1 Å². The molecule has 2 heterocycles. The third-order valence-electron chi connectivity index (χ3n) is 5.59. The quantitative estimate of drug-likeness (QED) is 0.590. The molecular formula is C22H23BrN4O3S. The van der Waals surface area contributed by atoms with Gasteiger partial charge in [0.1, 0.15) is 5.69 Å². The third-order valence-corrected chi connectivity index (χ3v) is 8.03. The summed E-state index contributed by atoms with van der Waals surface area (Å²) in [6.45, 7) is 5.25. The SMILES string of the molecule is Cc1ccc(-c2cc(C(=O)N3CCN(S(=O)(=O)c4ccc(Br)cc4)CC3)[nH]n2)cc1C. The molecule has 0 spiro atoms. The summed E-state index contributed by atoms with van der Waals surface area (Å²) in [6, 6.07) is 14.4. The van der Waals surface area contributed by atoms with E-state index < -0.39 is 10.0 Å². The van der Waals surface area contributed by atoms with Crippen LogP contribution in [0.5, 0.6) is 0 Å². The van der Waals surface area contributed by atoms with E-state index in [1.807, 2.05) is 25.1 Å². The Morgan fingerprint density at radius 3 is 2.29 bits per heavy atom. The van der Waals surface area contributed by atoms with E-state index in [9.17, 15) is 13.2 Å². The van der Waals surface area contributed by atoms with Gasteiger partial charge in [-0.2, -0.15) is 9.40 Å². The van der Waals surface area contributed by atoms with E-state index in [1.165, 1.54) is 9.87 Å². The predicted molar refractivity (Wildman–Crippen MR) is 122 cm³/mol. The molecule has 0 bridgehead atoms. The lowest BCUT2D eigenvalue weighted by molar-refractivity contribution is 0.0692. The second-order valence-electron chi connectivity index (χ2n) is 7.62. The second-order valence-corrected chi connectivity index (χ2v) is 10.5. The highest BCUT2D eigenvalue weighted by atomic mass is 79.9. The molecule has 1 fully saturated rings. The minimum atomic E-state index is -3.58. The first-order chi connectivity index (χ1) is 14.8. The summed E-state index contributed by atoms with van der Waals surface area (Å²) in [5.74, 6) is -0.178. The zero-order valence-electron chi connectivity index (χ0n) is 17.3. The number of aromatic nitrogens is 2. The Morgan fingerprint density at radius 2 is 1.65 bits per heavy atom. The molecule has 1 aliphatic rings. The number of rotatable bonds is 4. The fourth-order valence-corrected chi connectivity index (χ4v) is 5.22. The number of amides is 1. The average Bonchev–Trinajstić information content (AvgIpc) is 3.26. The van der Waals surface area contributed by atoms with Crippen LogP contribution in [0, 0.1) is 13.8 Å². The Kier molecular flexibility index (Phi) is 6.00. The zero-order chi connectivity index (χ0) is 22.2. The van der Waals surface area contributed by atoms with Gasteiger partial charge in [0.25, 0.3) is 5.91 Å². The van der Waals surface area contributed by atoms with Crippen molar-refractivity contribution in [2.24, 2.45) is 0 Å². The molecule has 1 aliphatic heterocycles. The van der Waals surface area contributed by atoms with Gasteiger partial charge in [0.15, 0.2) is 0 Å². The number of aryl methyl sites for hydroxylation is 2. The number of carbonyl (C=O) groups is 1. The molecule has 162 valence electrons. The van der Waals surface area contributed by atoms with Crippen LogP contribution in [0.2, 0.25) is 0 Å². The number of piperazine rings is 1. The van der Waals surface area contributed by atoms with Crippen LogP contribution in [-0.2, 0) is 10.0 Å². The van der Waals surface area contributed by atoms with Crippen molar-refractivity contribution in [1.82, 2.24) is 19.4 Å². The first-order valence-electron chi connectivity index (χ1n) is 9.94. The normalized spacial score (nSPS) is 15.3.